The maximum atomic E-state index is 13.7. The van der Waals surface area contributed by atoms with E-state index < -0.39 is 6.17 Å². The van der Waals surface area contributed by atoms with Gasteiger partial charge in [0.25, 0.3) is 0 Å². The molecule has 17 heavy (non-hydrogen) atoms. The van der Waals surface area contributed by atoms with Crippen LogP contribution < -0.4 is 0 Å². The van der Waals surface area contributed by atoms with Gasteiger partial charge in [0.2, 0.25) is 0 Å². The topological polar surface area (TPSA) is 3.24 Å². The Hall–Kier alpha value is -0.890. The third-order valence-electron chi connectivity index (χ3n) is 3.70. The number of halogens is 1. The van der Waals surface area contributed by atoms with Crippen molar-refractivity contribution in [3.05, 3.63) is 35.9 Å². The van der Waals surface area contributed by atoms with E-state index in [0.717, 1.165) is 19.5 Å². The van der Waals surface area contributed by atoms with Crippen LogP contribution in [0.15, 0.2) is 30.3 Å². The second kappa shape index (κ2) is 5.63. The molecule has 1 unspecified atom stereocenters. The number of hydrogen-bond acceptors (Lipinski definition) is 1. The van der Waals surface area contributed by atoms with Crippen molar-refractivity contribution < 1.29 is 4.39 Å². The standard InChI is InChI=1S/C15H22FN/c1-12(2)14-8-15(16)11-17(10-14)9-13-6-4-3-5-7-13/h3-7,12,14-15H,8-11H2,1-2H3/t14?,15-/m0/s1. The van der Waals surface area contributed by atoms with Crippen molar-refractivity contribution in [1.29, 1.82) is 0 Å². The van der Waals surface area contributed by atoms with Gasteiger partial charge >= 0.3 is 0 Å². The molecule has 0 aliphatic carbocycles. The molecule has 0 N–H and O–H groups in total. The molecule has 1 heterocycles. The average molecular weight is 235 g/mol. The summed E-state index contributed by atoms with van der Waals surface area (Å²) in [4.78, 5) is 2.26. The SMILES string of the molecule is CC(C)C1C[C@H](F)CN(Cc2ccccc2)C1. The first-order valence-electron chi connectivity index (χ1n) is 6.55. The molecule has 1 aliphatic heterocycles. The number of rotatable bonds is 3. The molecule has 2 heteroatoms. The molecule has 2 atom stereocenters. The summed E-state index contributed by atoms with van der Waals surface area (Å²) in [7, 11) is 0. The van der Waals surface area contributed by atoms with Gasteiger partial charge in [-0.2, -0.15) is 0 Å². The molecule has 0 bridgehead atoms. The predicted molar refractivity (Wildman–Crippen MR) is 69.6 cm³/mol. The lowest BCUT2D eigenvalue weighted by atomic mass is 9.87. The van der Waals surface area contributed by atoms with Crippen LogP contribution in [-0.2, 0) is 6.54 Å². The van der Waals surface area contributed by atoms with E-state index in [1.165, 1.54) is 5.56 Å². The van der Waals surface area contributed by atoms with Gasteiger partial charge in [-0.25, -0.2) is 4.39 Å². The number of piperidine rings is 1. The van der Waals surface area contributed by atoms with Crippen molar-refractivity contribution in [3.8, 4) is 0 Å². The molecule has 1 aliphatic rings. The second-order valence-electron chi connectivity index (χ2n) is 5.52. The molecular weight excluding hydrogens is 213 g/mol. The summed E-state index contributed by atoms with van der Waals surface area (Å²) in [6, 6.07) is 10.4. The van der Waals surface area contributed by atoms with Crippen LogP contribution >= 0.6 is 0 Å². The fourth-order valence-electron chi connectivity index (χ4n) is 2.62. The zero-order valence-corrected chi connectivity index (χ0v) is 10.8. The van der Waals surface area contributed by atoms with Crippen LogP contribution in [-0.4, -0.2) is 24.2 Å². The quantitative estimate of drug-likeness (QED) is 0.775. The van der Waals surface area contributed by atoms with Crippen LogP contribution in [0.1, 0.15) is 25.8 Å². The van der Waals surface area contributed by atoms with Crippen LogP contribution in [0, 0.1) is 11.8 Å². The van der Waals surface area contributed by atoms with E-state index >= 15 is 0 Å². The highest BCUT2D eigenvalue weighted by Crippen LogP contribution is 2.26. The van der Waals surface area contributed by atoms with E-state index in [4.69, 9.17) is 0 Å². The van der Waals surface area contributed by atoms with E-state index in [1.807, 2.05) is 18.2 Å². The summed E-state index contributed by atoms with van der Waals surface area (Å²) >= 11 is 0. The Kier molecular flexibility index (Phi) is 4.16. The molecule has 0 radical (unpaired) electrons. The Bertz CT molecular complexity index is 336. The second-order valence-corrected chi connectivity index (χ2v) is 5.52. The molecule has 1 aromatic rings. The Morgan fingerprint density at radius 1 is 1.24 bits per heavy atom. The number of hydrogen-bond donors (Lipinski definition) is 0. The minimum absolute atomic E-state index is 0.502. The van der Waals surface area contributed by atoms with Crippen molar-refractivity contribution in [2.45, 2.75) is 33.0 Å². The lowest BCUT2D eigenvalue weighted by molar-refractivity contribution is 0.0713. The predicted octanol–water partition coefficient (Wildman–Crippen LogP) is 3.50. The molecule has 1 aromatic carbocycles. The molecule has 0 saturated carbocycles. The van der Waals surface area contributed by atoms with Crippen molar-refractivity contribution >= 4 is 0 Å². The number of likely N-dealkylation sites (tertiary alicyclic amines) is 1. The fourth-order valence-corrected chi connectivity index (χ4v) is 2.62. The first-order chi connectivity index (χ1) is 8.15. The van der Waals surface area contributed by atoms with E-state index in [1.54, 1.807) is 0 Å². The van der Waals surface area contributed by atoms with Crippen LogP contribution in [0.2, 0.25) is 0 Å². The summed E-state index contributed by atoms with van der Waals surface area (Å²) in [5.74, 6) is 1.08. The van der Waals surface area contributed by atoms with E-state index in [-0.39, 0.29) is 0 Å². The monoisotopic (exact) mass is 235 g/mol. The van der Waals surface area contributed by atoms with Crippen molar-refractivity contribution in [2.75, 3.05) is 13.1 Å². The summed E-state index contributed by atoms with van der Waals surface area (Å²) in [6.45, 7) is 6.91. The number of alkyl halides is 1. The lowest BCUT2D eigenvalue weighted by Gasteiger charge is -2.36. The van der Waals surface area contributed by atoms with E-state index in [2.05, 4.69) is 30.9 Å². The van der Waals surface area contributed by atoms with Gasteiger partial charge in [0.1, 0.15) is 6.17 Å². The van der Waals surface area contributed by atoms with E-state index in [9.17, 15) is 4.39 Å². The van der Waals surface area contributed by atoms with Crippen LogP contribution in [0.4, 0.5) is 4.39 Å². The lowest BCUT2D eigenvalue weighted by Crippen LogP contribution is -2.42. The van der Waals surface area contributed by atoms with Gasteiger partial charge in [-0.3, -0.25) is 4.90 Å². The zero-order valence-electron chi connectivity index (χ0n) is 10.8. The zero-order chi connectivity index (χ0) is 12.3. The smallest absolute Gasteiger partial charge is 0.113 e. The maximum absolute atomic E-state index is 13.7. The molecule has 0 aromatic heterocycles. The minimum Gasteiger partial charge on any atom is -0.296 e. The van der Waals surface area contributed by atoms with Crippen molar-refractivity contribution in [1.82, 2.24) is 4.90 Å². The molecule has 0 spiro atoms. The van der Waals surface area contributed by atoms with Crippen LogP contribution in [0.5, 0.6) is 0 Å². The highest BCUT2D eigenvalue weighted by Gasteiger charge is 2.28. The van der Waals surface area contributed by atoms with Gasteiger partial charge in [-0.15, -0.1) is 0 Å². The van der Waals surface area contributed by atoms with Crippen molar-refractivity contribution in [3.63, 3.8) is 0 Å². The van der Waals surface area contributed by atoms with Gasteiger partial charge in [0.15, 0.2) is 0 Å². The number of nitrogens with zero attached hydrogens (tertiary/aromatic N) is 1. The first-order valence-corrected chi connectivity index (χ1v) is 6.55. The fraction of sp³-hybridized carbons (Fsp3) is 0.600. The minimum atomic E-state index is -0.653. The molecule has 1 saturated heterocycles. The molecule has 0 amide bonds. The third kappa shape index (κ3) is 3.53. The normalized spacial score (nSPS) is 26.4. The van der Waals surface area contributed by atoms with Gasteiger partial charge < -0.3 is 0 Å². The largest absolute Gasteiger partial charge is 0.296 e. The Morgan fingerprint density at radius 3 is 2.59 bits per heavy atom. The Balaban J connectivity index is 1.96. The summed E-state index contributed by atoms with van der Waals surface area (Å²) in [5, 5.41) is 0. The third-order valence-corrected chi connectivity index (χ3v) is 3.70. The van der Waals surface area contributed by atoms with Gasteiger partial charge in [0, 0.05) is 19.6 Å². The van der Waals surface area contributed by atoms with Gasteiger partial charge in [0.05, 0.1) is 0 Å². The number of benzene rings is 1. The highest BCUT2D eigenvalue weighted by molar-refractivity contribution is 5.14. The van der Waals surface area contributed by atoms with Gasteiger partial charge in [-0.1, -0.05) is 44.2 Å². The molecule has 94 valence electrons. The highest BCUT2D eigenvalue weighted by atomic mass is 19.1. The summed E-state index contributed by atoms with van der Waals surface area (Å²) in [6.07, 6.45) is 0.0861. The Labute approximate surface area is 104 Å². The Morgan fingerprint density at radius 2 is 1.94 bits per heavy atom. The van der Waals surface area contributed by atoms with Crippen LogP contribution in [0.3, 0.4) is 0 Å². The molecule has 1 nitrogen and oxygen atoms in total. The van der Waals surface area contributed by atoms with Crippen LogP contribution in [0.25, 0.3) is 0 Å². The maximum Gasteiger partial charge on any atom is 0.113 e. The average Bonchev–Trinajstić information content (AvgIpc) is 2.29. The first kappa shape index (κ1) is 12.6. The molecule has 1 fully saturated rings. The molecular formula is C15H22FN. The molecule has 2 rings (SSSR count). The van der Waals surface area contributed by atoms with Crippen molar-refractivity contribution in [2.24, 2.45) is 11.8 Å². The summed E-state index contributed by atoms with van der Waals surface area (Å²) in [5.41, 5.74) is 1.28. The van der Waals surface area contributed by atoms with Gasteiger partial charge in [-0.05, 0) is 23.8 Å². The van der Waals surface area contributed by atoms with E-state index in [0.29, 0.717) is 18.4 Å². The summed E-state index contributed by atoms with van der Waals surface area (Å²) < 4.78 is 13.7.